The third-order valence-electron chi connectivity index (χ3n) is 3.79. The lowest BCUT2D eigenvalue weighted by Crippen LogP contribution is -2.42. The molecule has 1 aliphatic rings. The number of benzene rings is 1. The van der Waals surface area contributed by atoms with Crippen LogP contribution in [0.5, 0.6) is 0 Å². The maximum atomic E-state index is 12.4. The van der Waals surface area contributed by atoms with Crippen LogP contribution in [-0.4, -0.2) is 42.5 Å². The number of hydrogen-bond donors (Lipinski definition) is 1. The minimum absolute atomic E-state index is 0.306. The third-order valence-corrected chi connectivity index (χ3v) is 5.08. The molecule has 1 atom stereocenters. The summed E-state index contributed by atoms with van der Waals surface area (Å²) >= 11 is 0. The van der Waals surface area contributed by atoms with E-state index < -0.39 is 16.1 Å². The molecule has 7 heteroatoms. The van der Waals surface area contributed by atoms with Crippen molar-refractivity contribution in [2.75, 3.05) is 18.1 Å². The van der Waals surface area contributed by atoms with Gasteiger partial charge in [0.1, 0.15) is 6.04 Å². The summed E-state index contributed by atoms with van der Waals surface area (Å²) in [4.78, 5) is 16.6. The number of hydrogen-bond acceptors (Lipinski definition) is 4. The van der Waals surface area contributed by atoms with Gasteiger partial charge in [0.2, 0.25) is 15.9 Å². The van der Waals surface area contributed by atoms with Crippen molar-refractivity contribution < 1.29 is 13.2 Å². The van der Waals surface area contributed by atoms with Gasteiger partial charge in [-0.3, -0.25) is 9.78 Å². The number of nitrogens with one attached hydrogen (secondary N) is 1. The fraction of sp³-hybridized carbons (Fsp3) is 0.333. The number of sulfonamides is 1. The Bertz CT molecular complexity index is 820. The molecule has 2 heterocycles. The minimum atomic E-state index is -3.37. The van der Waals surface area contributed by atoms with Gasteiger partial charge in [-0.1, -0.05) is 18.2 Å². The quantitative estimate of drug-likeness (QED) is 0.932. The molecule has 116 valence electrons. The number of anilines is 1. The average Bonchev–Trinajstić information content (AvgIpc) is 2.97. The van der Waals surface area contributed by atoms with E-state index in [9.17, 15) is 13.2 Å². The Balaban J connectivity index is 1.80. The van der Waals surface area contributed by atoms with Crippen molar-refractivity contribution >= 4 is 32.5 Å². The van der Waals surface area contributed by atoms with Gasteiger partial charge in [0.25, 0.3) is 0 Å². The van der Waals surface area contributed by atoms with E-state index in [1.807, 2.05) is 30.3 Å². The number of pyridine rings is 1. The molecule has 0 bridgehead atoms. The Hall–Kier alpha value is -1.99. The summed E-state index contributed by atoms with van der Waals surface area (Å²) in [6, 6.07) is 8.80. The Morgan fingerprint density at radius 3 is 2.91 bits per heavy atom. The fourth-order valence-electron chi connectivity index (χ4n) is 2.76. The van der Waals surface area contributed by atoms with E-state index in [0.717, 1.165) is 17.2 Å². The van der Waals surface area contributed by atoms with Crippen molar-refractivity contribution in [3.8, 4) is 0 Å². The minimum Gasteiger partial charge on any atom is -0.323 e. The fourth-order valence-corrected chi connectivity index (χ4v) is 3.89. The zero-order valence-electron chi connectivity index (χ0n) is 12.2. The van der Waals surface area contributed by atoms with Crippen molar-refractivity contribution in [1.29, 1.82) is 0 Å². The Kier molecular flexibility index (Phi) is 3.84. The molecule has 6 nitrogen and oxygen atoms in total. The average molecular weight is 319 g/mol. The van der Waals surface area contributed by atoms with E-state index in [2.05, 4.69) is 10.3 Å². The first-order chi connectivity index (χ1) is 10.4. The summed E-state index contributed by atoms with van der Waals surface area (Å²) in [5.74, 6) is -0.306. The number of para-hydroxylation sites is 1. The third kappa shape index (κ3) is 2.95. The second-order valence-corrected chi connectivity index (χ2v) is 7.37. The lowest BCUT2D eigenvalue weighted by atomic mass is 10.2. The molecule has 1 saturated heterocycles. The van der Waals surface area contributed by atoms with Crippen LogP contribution in [0.3, 0.4) is 0 Å². The topological polar surface area (TPSA) is 79.4 Å². The maximum absolute atomic E-state index is 12.4. The Morgan fingerprint density at radius 1 is 1.36 bits per heavy atom. The van der Waals surface area contributed by atoms with Gasteiger partial charge in [0, 0.05) is 11.9 Å². The van der Waals surface area contributed by atoms with Crippen molar-refractivity contribution in [2.24, 2.45) is 0 Å². The molecule has 2 aromatic rings. The van der Waals surface area contributed by atoms with E-state index in [0.29, 0.717) is 25.1 Å². The largest absolute Gasteiger partial charge is 0.323 e. The number of rotatable bonds is 3. The molecule has 1 aromatic heterocycles. The maximum Gasteiger partial charge on any atom is 0.242 e. The van der Waals surface area contributed by atoms with Gasteiger partial charge < -0.3 is 5.32 Å². The summed E-state index contributed by atoms with van der Waals surface area (Å²) in [7, 11) is -3.37. The van der Waals surface area contributed by atoms with E-state index in [-0.39, 0.29) is 5.91 Å². The van der Waals surface area contributed by atoms with Crippen LogP contribution in [-0.2, 0) is 14.8 Å². The van der Waals surface area contributed by atoms with Crippen molar-refractivity contribution in [3.63, 3.8) is 0 Å². The molecule has 1 fully saturated rings. The first-order valence-corrected chi connectivity index (χ1v) is 8.92. The highest BCUT2D eigenvalue weighted by Gasteiger charge is 2.36. The van der Waals surface area contributed by atoms with Gasteiger partial charge >= 0.3 is 0 Å². The number of aromatic nitrogens is 1. The normalized spacial score (nSPS) is 19.4. The number of carbonyl (C=O) groups is 1. The van der Waals surface area contributed by atoms with Crippen molar-refractivity contribution in [2.45, 2.75) is 18.9 Å². The number of nitrogens with zero attached hydrogens (tertiary/aromatic N) is 2. The highest BCUT2D eigenvalue weighted by Crippen LogP contribution is 2.22. The summed E-state index contributed by atoms with van der Waals surface area (Å²) in [5.41, 5.74) is 1.42. The first-order valence-electron chi connectivity index (χ1n) is 7.07. The monoisotopic (exact) mass is 319 g/mol. The SMILES string of the molecule is CS(=O)(=O)N1CCCC1C(=O)Nc1cnc2ccccc2c1. The molecule has 1 aliphatic heterocycles. The van der Waals surface area contributed by atoms with Gasteiger partial charge in [-0.05, 0) is 25.0 Å². The second-order valence-electron chi connectivity index (χ2n) is 5.44. The highest BCUT2D eigenvalue weighted by atomic mass is 32.2. The van der Waals surface area contributed by atoms with E-state index in [1.54, 1.807) is 6.20 Å². The molecule has 1 amide bonds. The van der Waals surface area contributed by atoms with Gasteiger partial charge in [0.05, 0.1) is 23.7 Å². The molecule has 1 N–H and O–H groups in total. The second kappa shape index (κ2) is 5.66. The summed E-state index contributed by atoms with van der Waals surface area (Å²) in [5, 5.41) is 3.69. The highest BCUT2D eigenvalue weighted by molar-refractivity contribution is 7.88. The number of amides is 1. The summed E-state index contributed by atoms with van der Waals surface area (Å²) < 4.78 is 24.7. The van der Waals surface area contributed by atoms with Crippen molar-refractivity contribution in [3.05, 3.63) is 36.5 Å². The lowest BCUT2D eigenvalue weighted by molar-refractivity contribution is -0.119. The molecule has 1 unspecified atom stereocenters. The van der Waals surface area contributed by atoms with Crippen LogP contribution in [0.15, 0.2) is 36.5 Å². The molecule has 0 saturated carbocycles. The van der Waals surface area contributed by atoms with E-state index in [4.69, 9.17) is 0 Å². The van der Waals surface area contributed by atoms with Gasteiger partial charge in [-0.2, -0.15) is 4.31 Å². The van der Waals surface area contributed by atoms with Gasteiger partial charge in [-0.25, -0.2) is 8.42 Å². The predicted octanol–water partition coefficient (Wildman–Crippen LogP) is 1.60. The first kappa shape index (κ1) is 14.9. The zero-order valence-corrected chi connectivity index (χ0v) is 13.0. The lowest BCUT2D eigenvalue weighted by Gasteiger charge is -2.21. The molecule has 1 aromatic carbocycles. The molecular weight excluding hydrogens is 302 g/mol. The van der Waals surface area contributed by atoms with Gasteiger partial charge in [0.15, 0.2) is 0 Å². The predicted molar refractivity (Wildman–Crippen MR) is 84.9 cm³/mol. The summed E-state index contributed by atoms with van der Waals surface area (Å²) in [6.07, 6.45) is 3.96. The van der Waals surface area contributed by atoms with E-state index >= 15 is 0 Å². The van der Waals surface area contributed by atoms with Crippen LogP contribution in [0.4, 0.5) is 5.69 Å². The molecule has 0 spiro atoms. The van der Waals surface area contributed by atoms with Crippen LogP contribution in [0.25, 0.3) is 10.9 Å². The smallest absolute Gasteiger partial charge is 0.242 e. The molecule has 22 heavy (non-hydrogen) atoms. The number of carbonyl (C=O) groups excluding carboxylic acids is 1. The van der Waals surface area contributed by atoms with Crippen LogP contribution in [0.1, 0.15) is 12.8 Å². The summed E-state index contributed by atoms with van der Waals surface area (Å²) in [6.45, 7) is 0.396. The van der Waals surface area contributed by atoms with Crippen LogP contribution in [0, 0.1) is 0 Å². The molecular formula is C15H17N3O3S. The Labute approximate surface area is 129 Å². The standard InChI is InChI=1S/C15H17N3O3S/c1-22(20,21)18-8-4-7-14(18)15(19)17-12-9-11-5-2-3-6-13(11)16-10-12/h2-3,5-6,9-10,14H,4,7-8H2,1H3,(H,17,19). The number of fused-ring (bicyclic) bond motifs is 1. The van der Waals surface area contributed by atoms with E-state index in [1.165, 1.54) is 4.31 Å². The van der Waals surface area contributed by atoms with Crippen molar-refractivity contribution in [1.82, 2.24) is 9.29 Å². The molecule has 3 rings (SSSR count). The van der Waals surface area contributed by atoms with Crippen LogP contribution >= 0.6 is 0 Å². The van der Waals surface area contributed by atoms with Crippen LogP contribution < -0.4 is 5.32 Å². The Morgan fingerprint density at radius 2 is 2.14 bits per heavy atom. The molecule has 0 radical (unpaired) electrons. The molecule has 0 aliphatic carbocycles. The van der Waals surface area contributed by atoms with Gasteiger partial charge in [-0.15, -0.1) is 0 Å². The van der Waals surface area contributed by atoms with Crippen LogP contribution in [0.2, 0.25) is 0 Å². The zero-order chi connectivity index (χ0) is 15.7.